The van der Waals surface area contributed by atoms with Gasteiger partial charge < -0.3 is 10.6 Å². The van der Waals surface area contributed by atoms with Gasteiger partial charge in [-0.1, -0.05) is 12.1 Å². The Balaban J connectivity index is 1.60. The molecule has 0 spiro atoms. The van der Waals surface area contributed by atoms with E-state index in [9.17, 15) is 9.18 Å². The van der Waals surface area contributed by atoms with Crippen LogP contribution in [0, 0.1) is 0 Å². The predicted octanol–water partition coefficient (Wildman–Crippen LogP) is 4.20. The van der Waals surface area contributed by atoms with Crippen molar-refractivity contribution in [3.8, 4) is 5.82 Å². The minimum Gasteiger partial charge on any atom is -0.340 e. The Morgan fingerprint density at radius 3 is 2.82 bits per heavy atom. The van der Waals surface area contributed by atoms with Crippen LogP contribution in [0.3, 0.4) is 0 Å². The van der Waals surface area contributed by atoms with Gasteiger partial charge in [0.05, 0.1) is 16.6 Å². The van der Waals surface area contributed by atoms with Crippen LogP contribution in [0.25, 0.3) is 16.7 Å². The molecule has 1 aromatic carbocycles. The van der Waals surface area contributed by atoms with E-state index in [-0.39, 0.29) is 5.56 Å². The van der Waals surface area contributed by atoms with Crippen molar-refractivity contribution >= 4 is 22.4 Å². The topological polar surface area (TPSA) is 76.8 Å². The van der Waals surface area contributed by atoms with Crippen LogP contribution >= 0.6 is 0 Å². The molecule has 7 nitrogen and oxygen atoms in total. The lowest BCUT2D eigenvalue weighted by molar-refractivity contribution is 0.214. The van der Waals surface area contributed by atoms with Crippen molar-refractivity contribution in [3.05, 3.63) is 75.8 Å². The van der Waals surface area contributed by atoms with Crippen molar-refractivity contribution in [2.75, 3.05) is 11.9 Å². The van der Waals surface area contributed by atoms with Crippen molar-refractivity contribution in [1.29, 1.82) is 0 Å². The molecule has 170 valence electrons. The number of hydrogen-bond donors (Lipinski definition) is 2. The number of aromatic nitrogens is 4. The Kier molecular flexibility index (Phi) is 5.25. The zero-order valence-corrected chi connectivity index (χ0v) is 19.0. The number of anilines is 2. The molecule has 0 saturated carbocycles. The first-order valence-electron chi connectivity index (χ1n) is 11.2. The monoisotopic (exact) mass is 446 g/mol. The number of benzene rings is 1. The number of fused-ring (bicyclic) bond motifs is 2. The van der Waals surface area contributed by atoms with Gasteiger partial charge in [-0.3, -0.25) is 4.79 Å². The van der Waals surface area contributed by atoms with Crippen molar-refractivity contribution in [1.82, 2.24) is 24.6 Å². The van der Waals surface area contributed by atoms with E-state index < -0.39 is 5.67 Å². The highest BCUT2D eigenvalue weighted by Crippen LogP contribution is 2.26. The highest BCUT2D eigenvalue weighted by molar-refractivity contribution is 5.82. The molecule has 1 aliphatic rings. The second kappa shape index (κ2) is 8.12. The van der Waals surface area contributed by atoms with E-state index in [1.807, 2.05) is 13.0 Å². The quantitative estimate of drug-likeness (QED) is 0.481. The molecule has 8 heteroatoms. The van der Waals surface area contributed by atoms with Crippen LogP contribution in [0.2, 0.25) is 0 Å². The largest absolute Gasteiger partial charge is 0.340 e. The standard InChI is InChI=1S/C25H27FN6O/c1-4-31-24(33)19-15-28-22(29-18-9-8-16-10-11-27-14-17(16)12-18)13-20(19)32(31)23-7-5-6-21(30-23)25(2,3)26/h5-9,12-13,15,27H,4,10-11,14H2,1-3H3,(H,28,29). The SMILES string of the molecule is CCn1c(=O)c2cnc(Nc3ccc4c(c3)CNCC4)cc2n1-c1cccc(C(C)(C)F)n1. The molecule has 5 rings (SSSR count). The summed E-state index contributed by atoms with van der Waals surface area (Å²) in [4.78, 5) is 22.0. The molecule has 0 radical (unpaired) electrons. The van der Waals surface area contributed by atoms with Crippen LogP contribution in [0.1, 0.15) is 37.6 Å². The van der Waals surface area contributed by atoms with Gasteiger partial charge in [-0.15, -0.1) is 0 Å². The number of hydrogen-bond acceptors (Lipinski definition) is 5. The summed E-state index contributed by atoms with van der Waals surface area (Å²) in [6.45, 7) is 7.13. The highest BCUT2D eigenvalue weighted by atomic mass is 19.1. The summed E-state index contributed by atoms with van der Waals surface area (Å²) in [5.41, 5.74) is 2.80. The molecule has 0 aliphatic carbocycles. The van der Waals surface area contributed by atoms with Crippen LogP contribution in [0.4, 0.5) is 15.9 Å². The fourth-order valence-electron chi connectivity index (χ4n) is 4.32. The van der Waals surface area contributed by atoms with Crippen LogP contribution in [0.15, 0.2) is 53.5 Å². The van der Waals surface area contributed by atoms with E-state index in [2.05, 4.69) is 38.8 Å². The van der Waals surface area contributed by atoms with Crippen LogP contribution in [-0.4, -0.2) is 25.9 Å². The summed E-state index contributed by atoms with van der Waals surface area (Å²) in [5.74, 6) is 1.11. The van der Waals surface area contributed by atoms with Gasteiger partial charge in [0.1, 0.15) is 11.5 Å². The van der Waals surface area contributed by atoms with E-state index in [1.165, 1.54) is 25.0 Å². The van der Waals surface area contributed by atoms with Gasteiger partial charge in [-0.2, -0.15) is 0 Å². The number of nitrogens with one attached hydrogen (secondary N) is 2. The molecular weight excluding hydrogens is 419 g/mol. The summed E-state index contributed by atoms with van der Waals surface area (Å²) in [6.07, 6.45) is 2.62. The Hall–Kier alpha value is -3.52. The summed E-state index contributed by atoms with van der Waals surface area (Å²) >= 11 is 0. The average Bonchev–Trinajstić information content (AvgIpc) is 3.09. The molecular formula is C25H27FN6O. The lowest BCUT2D eigenvalue weighted by Crippen LogP contribution is -2.23. The number of rotatable bonds is 5. The average molecular weight is 447 g/mol. The zero-order valence-electron chi connectivity index (χ0n) is 19.0. The first-order chi connectivity index (χ1) is 15.8. The second-order valence-electron chi connectivity index (χ2n) is 8.81. The van der Waals surface area contributed by atoms with Crippen LogP contribution in [-0.2, 0) is 25.2 Å². The third-order valence-electron chi connectivity index (χ3n) is 6.04. The second-order valence-corrected chi connectivity index (χ2v) is 8.81. The normalized spacial score (nSPS) is 13.8. The Labute approximate surface area is 191 Å². The fourth-order valence-corrected chi connectivity index (χ4v) is 4.32. The third-order valence-corrected chi connectivity index (χ3v) is 6.04. The molecule has 33 heavy (non-hydrogen) atoms. The van der Waals surface area contributed by atoms with E-state index in [0.717, 1.165) is 25.2 Å². The van der Waals surface area contributed by atoms with Crippen molar-refractivity contribution in [3.63, 3.8) is 0 Å². The maximum atomic E-state index is 14.6. The van der Waals surface area contributed by atoms with Gasteiger partial charge in [-0.05, 0) is 69.1 Å². The van der Waals surface area contributed by atoms with Gasteiger partial charge in [-0.25, -0.2) is 23.7 Å². The van der Waals surface area contributed by atoms with E-state index >= 15 is 0 Å². The molecule has 0 atom stereocenters. The van der Waals surface area contributed by atoms with E-state index in [0.29, 0.717) is 34.8 Å². The van der Waals surface area contributed by atoms with E-state index in [1.54, 1.807) is 33.8 Å². The minimum absolute atomic E-state index is 0.155. The first kappa shape index (κ1) is 21.3. The molecule has 4 aromatic rings. The zero-order chi connectivity index (χ0) is 23.2. The Morgan fingerprint density at radius 2 is 2.03 bits per heavy atom. The number of nitrogens with zero attached hydrogens (tertiary/aromatic N) is 4. The van der Waals surface area contributed by atoms with Gasteiger partial charge in [0.25, 0.3) is 5.56 Å². The van der Waals surface area contributed by atoms with Gasteiger partial charge in [0.2, 0.25) is 0 Å². The fraction of sp³-hybridized carbons (Fsp3) is 0.320. The van der Waals surface area contributed by atoms with Crippen molar-refractivity contribution in [2.24, 2.45) is 0 Å². The summed E-state index contributed by atoms with van der Waals surface area (Å²) in [7, 11) is 0. The number of alkyl halides is 1. The summed E-state index contributed by atoms with van der Waals surface area (Å²) < 4.78 is 17.9. The molecule has 1 aliphatic heterocycles. The van der Waals surface area contributed by atoms with Crippen molar-refractivity contribution in [2.45, 2.75) is 46.0 Å². The molecule has 0 fully saturated rings. The molecule has 0 amide bonds. The first-order valence-corrected chi connectivity index (χ1v) is 11.2. The lowest BCUT2D eigenvalue weighted by Gasteiger charge is -2.18. The maximum Gasteiger partial charge on any atom is 0.276 e. The molecule has 3 aromatic heterocycles. The number of halogens is 1. The predicted molar refractivity (Wildman–Crippen MR) is 128 cm³/mol. The minimum atomic E-state index is -1.59. The molecule has 0 saturated heterocycles. The summed E-state index contributed by atoms with van der Waals surface area (Å²) in [6, 6.07) is 13.4. The maximum absolute atomic E-state index is 14.6. The third kappa shape index (κ3) is 3.91. The van der Waals surface area contributed by atoms with Crippen LogP contribution in [0.5, 0.6) is 0 Å². The van der Waals surface area contributed by atoms with Crippen molar-refractivity contribution < 1.29 is 4.39 Å². The Morgan fingerprint density at radius 1 is 1.18 bits per heavy atom. The smallest absolute Gasteiger partial charge is 0.276 e. The van der Waals surface area contributed by atoms with E-state index in [4.69, 9.17) is 0 Å². The molecule has 0 unspecified atom stereocenters. The van der Waals surface area contributed by atoms with Gasteiger partial charge in [0.15, 0.2) is 5.82 Å². The molecule has 2 N–H and O–H groups in total. The van der Waals surface area contributed by atoms with Gasteiger partial charge in [0, 0.05) is 31.0 Å². The molecule has 0 bridgehead atoms. The molecule has 4 heterocycles. The van der Waals surface area contributed by atoms with Crippen LogP contribution < -0.4 is 16.2 Å². The highest BCUT2D eigenvalue weighted by Gasteiger charge is 2.22. The Bertz CT molecular complexity index is 1400. The lowest BCUT2D eigenvalue weighted by atomic mass is 10.0. The number of pyridine rings is 2. The van der Waals surface area contributed by atoms with Gasteiger partial charge >= 0.3 is 0 Å². The summed E-state index contributed by atoms with van der Waals surface area (Å²) in [5, 5.41) is 7.25.